The molecular weight excluding hydrogens is 226 g/mol. The molecule has 1 unspecified atom stereocenters. The van der Waals surface area contributed by atoms with Crippen LogP contribution in [0.5, 0.6) is 0 Å². The van der Waals surface area contributed by atoms with Crippen LogP contribution in [0.4, 0.5) is 0 Å². The summed E-state index contributed by atoms with van der Waals surface area (Å²) in [7, 11) is -2.79. The van der Waals surface area contributed by atoms with E-state index in [1.165, 1.54) is 0 Å². The van der Waals surface area contributed by atoms with Crippen LogP contribution in [0.2, 0.25) is 0 Å². The normalized spacial score (nSPS) is 23.7. The smallest absolute Gasteiger partial charge is 0.151 e. The predicted octanol–water partition coefficient (Wildman–Crippen LogP) is 0.180. The molecule has 1 saturated heterocycles. The second-order valence-corrected chi connectivity index (χ2v) is 6.34. The van der Waals surface area contributed by atoms with Gasteiger partial charge in [0.25, 0.3) is 0 Å². The Labute approximate surface area is 95.8 Å². The van der Waals surface area contributed by atoms with E-state index in [1.807, 2.05) is 6.20 Å². The Hall–Kier alpha value is -0.880. The largest absolute Gasteiger partial charge is 0.334 e. The van der Waals surface area contributed by atoms with Gasteiger partial charge in [-0.3, -0.25) is 0 Å². The van der Waals surface area contributed by atoms with Gasteiger partial charge in [-0.25, -0.2) is 13.4 Å². The monoisotopic (exact) mass is 243 g/mol. The van der Waals surface area contributed by atoms with Gasteiger partial charge in [-0.2, -0.15) is 0 Å². The van der Waals surface area contributed by atoms with Crippen LogP contribution in [-0.2, 0) is 22.9 Å². The molecule has 0 saturated carbocycles. The molecule has 1 aliphatic heterocycles. The zero-order valence-corrected chi connectivity index (χ0v) is 10.2. The van der Waals surface area contributed by atoms with Crippen molar-refractivity contribution in [2.45, 2.75) is 32.5 Å². The minimum atomic E-state index is -2.79. The number of imidazole rings is 1. The number of nitrogens with zero attached hydrogens (tertiary/aromatic N) is 2. The Morgan fingerprint density at radius 3 is 3.06 bits per heavy atom. The zero-order valence-electron chi connectivity index (χ0n) is 9.39. The average Bonchev–Trinajstić information content (AvgIpc) is 2.81. The fourth-order valence-corrected chi connectivity index (χ4v) is 3.69. The first-order valence-corrected chi connectivity index (χ1v) is 7.36. The van der Waals surface area contributed by atoms with Gasteiger partial charge in [-0.05, 0) is 13.3 Å². The fraction of sp³-hybridized carbons (Fsp3) is 0.700. The quantitative estimate of drug-likeness (QED) is 0.819. The lowest BCUT2D eigenvalue weighted by Crippen LogP contribution is -2.30. The van der Waals surface area contributed by atoms with E-state index in [0.29, 0.717) is 12.3 Å². The third-order valence-electron chi connectivity index (χ3n) is 2.92. The first-order valence-electron chi connectivity index (χ1n) is 5.54. The number of aryl methyl sites for hydroxylation is 1. The van der Waals surface area contributed by atoms with Crippen LogP contribution < -0.4 is 5.32 Å². The summed E-state index contributed by atoms with van der Waals surface area (Å²) in [6.07, 6.45) is 4.42. The fourth-order valence-electron chi connectivity index (χ4n) is 1.99. The molecule has 1 N–H and O–H groups in total. The van der Waals surface area contributed by atoms with E-state index in [0.717, 1.165) is 18.8 Å². The molecule has 0 amide bonds. The van der Waals surface area contributed by atoms with Gasteiger partial charge in [0, 0.05) is 25.0 Å². The Morgan fingerprint density at radius 2 is 2.44 bits per heavy atom. The summed E-state index contributed by atoms with van der Waals surface area (Å²) in [6.45, 7) is 3.59. The molecule has 1 aromatic rings. The Bertz CT molecular complexity index is 452. The van der Waals surface area contributed by atoms with E-state index in [-0.39, 0.29) is 11.8 Å². The van der Waals surface area contributed by atoms with Crippen LogP contribution in [0, 0.1) is 0 Å². The van der Waals surface area contributed by atoms with E-state index in [2.05, 4.69) is 21.8 Å². The lowest BCUT2D eigenvalue weighted by Gasteiger charge is -2.11. The maximum Gasteiger partial charge on any atom is 0.151 e. The van der Waals surface area contributed by atoms with Crippen LogP contribution in [0.25, 0.3) is 0 Å². The maximum atomic E-state index is 11.3. The molecule has 90 valence electrons. The lowest BCUT2D eigenvalue weighted by molar-refractivity contribution is 0.527. The second-order valence-electron chi connectivity index (χ2n) is 4.11. The van der Waals surface area contributed by atoms with Crippen LogP contribution in [0.1, 0.15) is 19.2 Å². The van der Waals surface area contributed by atoms with E-state index in [1.54, 1.807) is 6.20 Å². The Balaban J connectivity index is 1.89. The summed E-state index contributed by atoms with van der Waals surface area (Å²) in [5.74, 6) is 1.54. The van der Waals surface area contributed by atoms with Gasteiger partial charge in [0.2, 0.25) is 0 Å². The highest BCUT2D eigenvalue weighted by Crippen LogP contribution is 2.11. The Kier molecular flexibility index (Phi) is 3.30. The number of hydrogen-bond donors (Lipinski definition) is 1. The minimum Gasteiger partial charge on any atom is -0.334 e. The van der Waals surface area contributed by atoms with Crippen molar-refractivity contribution < 1.29 is 8.42 Å². The zero-order chi connectivity index (χ0) is 11.6. The van der Waals surface area contributed by atoms with Crippen molar-refractivity contribution in [2.24, 2.45) is 0 Å². The van der Waals surface area contributed by atoms with E-state index in [4.69, 9.17) is 0 Å². The van der Waals surface area contributed by atoms with E-state index < -0.39 is 9.84 Å². The second kappa shape index (κ2) is 4.55. The van der Waals surface area contributed by atoms with Crippen LogP contribution in [-0.4, -0.2) is 35.5 Å². The summed E-state index contributed by atoms with van der Waals surface area (Å²) in [6, 6.07) is 0.0898. The van der Waals surface area contributed by atoms with Crippen molar-refractivity contribution in [3.05, 3.63) is 18.2 Å². The van der Waals surface area contributed by atoms with Crippen molar-refractivity contribution >= 4 is 9.84 Å². The molecule has 6 heteroatoms. The highest BCUT2D eigenvalue weighted by atomic mass is 32.2. The third kappa shape index (κ3) is 2.62. The molecule has 0 spiro atoms. The highest BCUT2D eigenvalue weighted by Gasteiger charge is 2.27. The van der Waals surface area contributed by atoms with E-state index in [9.17, 15) is 8.42 Å². The molecule has 1 aromatic heterocycles. The number of hydrogen-bond acceptors (Lipinski definition) is 4. The van der Waals surface area contributed by atoms with Gasteiger partial charge < -0.3 is 9.88 Å². The van der Waals surface area contributed by atoms with Crippen molar-refractivity contribution in [3.63, 3.8) is 0 Å². The first kappa shape index (κ1) is 11.6. The predicted molar refractivity (Wildman–Crippen MR) is 61.8 cm³/mol. The summed E-state index contributed by atoms with van der Waals surface area (Å²) >= 11 is 0. The molecule has 0 aromatic carbocycles. The summed E-state index contributed by atoms with van der Waals surface area (Å²) < 4.78 is 24.6. The third-order valence-corrected chi connectivity index (χ3v) is 4.69. The summed E-state index contributed by atoms with van der Waals surface area (Å²) in [5, 5.41) is 3.25. The molecular formula is C10H17N3O2S. The minimum absolute atomic E-state index is 0.0898. The van der Waals surface area contributed by atoms with Crippen molar-refractivity contribution in [2.75, 3.05) is 11.5 Å². The number of nitrogens with one attached hydrogen (secondary N) is 1. The molecule has 2 rings (SSSR count). The van der Waals surface area contributed by atoms with Crippen molar-refractivity contribution in [1.82, 2.24) is 14.9 Å². The average molecular weight is 243 g/mol. The van der Waals surface area contributed by atoms with Gasteiger partial charge in [0.1, 0.15) is 5.82 Å². The topological polar surface area (TPSA) is 64.0 Å². The first-order chi connectivity index (χ1) is 7.61. The highest BCUT2D eigenvalue weighted by molar-refractivity contribution is 7.91. The molecule has 16 heavy (non-hydrogen) atoms. The summed E-state index contributed by atoms with van der Waals surface area (Å²) in [4.78, 5) is 4.24. The standard InChI is InChI=1S/C10H17N3O2S/c1-2-13-5-4-11-10(13)7-12-9-3-6-16(14,15)8-9/h4-5,9,12H,2-3,6-8H2,1H3. The SMILES string of the molecule is CCn1ccnc1CNC1CCS(=O)(=O)C1. The number of rotatable bonds is 4. The lowest BCUT2D eigenvalue weighted by atomic mass is 10.2. The number of aromatic nitrogens is 2. The molecule has 1 fully saturated rings. The summed E-state index contributed by atoms with van der Waals surface area (Å²) in [5.41, 5.74) is 0. The van der Waals surface area contributed by atoms with Crippen LogP contribution in [0.15, 0.2) is 12.4 Å². The van der Waals surface area contributed by atoms with Gasteiger partial charge in [0.05, 0.1) is 18.1 Å². The van der Waals surface area contributed by atoms with Crippen LogP contribution in [0.3, 0.4) is 0 Å². The van der Waals surface area contributed by atoms with Crippen molar-refractivity contribution in [1.29, 1.82) is 0 Å². The molecule has 1 aliphatic rings. The van der Waals surface area contributed by atoms with Crippen molar-refractivity contribution in [3.8, 4) is 0 Å². The molecule has 2 heterocycles. The Morgan fingerprint density at radius 1 is 1.62 bits per heavy atom. The molecule has 1 atom stereocenters. The molecule has 0 radical (unpaired) electrons. The molecule has 0 bridgehead atoms. The van der Waals surface area contributed by atoms with Gasteiger partial charge in [-0.1, -0.05) is 0 Å². The van der Waals surface area contributed by atoms with E-state index >= 15 is 0 Å². The number of sulfone groups is 1. The molecule has 0 aliphatic carbocycles. The van der Waals surface area contributed by atoms with Gasteiger partial charge >= 0.3 is 0 Å². The van der Waals surface area contributed by atoms with Crippen LogP contribution >= 0.6 is 0 Å². The maximum absolute atomic E-state index is 11.3. The van der Waals surface area contributed by atoms with Gasteiger partial charge in [-0.15, -0.1) is 0 Å². The molecule has 5 nitrogen and oxygen atoms in total. The van der Waals surface area contributed by atoms with Gasteiger partial charge in [0.15, 0.2) is 9.84 Å².